The average molecular weight is 456 g/mol. The van der Waals surface area contributed by atoms with Crippen LogP contribution in [0.25, 0.3) is 0 Å². The smallest absolute Gasteiger partial charge is 0.239 e. The minimum Gasteiger partial charge on any atom is -0.351 e. The molecule has 2 atom stereocenters. The van der Waals surface area contributed by atoms with E-state index in [0.29, 0.717) is 31.8 Å². The molecule has 1 aromatic heterocycles. The first-order chi connectivity index (χ1) is 15.9. The molecule has 3 aliphatic heterocycles. The number of fused-ring (bicyclic) bond motifs is 1. The van der Waals surface area contributed by atoms with Gasteiger partial charge in [-0.25, -0.2) is 0 Å². The summed E-state index contributed by atoms with van der Waals surface area (Å²) >= 11 is 0. The Morgan fingerprint density at radius 3 is 2.67 bits per heavy atom. The van der Waals surface area contributed by atoms with Crippen LogP contribution in [0, 0.1) is 11.3 Å². The SMILES string of the molecule is CC(=O)N1CCC2(CCCC[C@H]3CN(Cc4ccccn4)CC[C@@H]3NC(=O)CNC2=O)CC1. The number of nitrogens with one attached hydrogen (secondary N) is 2. The second-order valence-corrected chi connectivity index (χ2v) is 9.99. The summed E-state index contributed by atoms with van der Waals surface area (Å²) in [6, 6.07) is 6.18. The molecule has 180 valence electrons. The number of amides is 3. The largest absolute Gasteiger partial charge is 0.351 e. The number of nitrogens with zero attached hydrogens (tertiary/aromatic N) is 3. The molecule has 1 aromatic rings. The third-order valence-corrected chi connectivity index (χ3v) is 7.81. The van der Waals surface area contributed by atoms with Crippen LogP contribution in [0.1, 0.15) is 57.6 Å². The fraction of sp³-hybridized carbons (Fsp3) is 0.680. The summed E-state index contributed by atoms with van der Waals surface area (Å²) in [5, 5.41) is 6.12. The van der Waals surface area contributed by atoms with E-state index in [4.69, 9.17) is 0 Å². The van der Waals surface area contributed by atoms with Gasteiger partial charge in [-0.2, -0.15) is 0 Å². The molecule has 4 rings (SSSR count). The summed E-state index contributed by atoms with van der Waals surface area (Å²) in [5.41, 5.74) is 0.609. The number of pyridine rings is 1. The zero-order valence-electron chi connectivity index (χ0n) is 19.7. The highest BCUT2D eigenvalue weighted by Crippen LogP contribution is 2.38. The lowest BCUT2D eigenvalue weighted by Gasteiger charge is -2.42. The van der Waals surface area contributed by atoms with Crippen molar-refractivity contribution in [3.63, 3.8) is 0 Å². The van der Waals surface area contributed by atoms with Crippen LogP contribution in [0.3, 0.4) is 0 Å². The molecule has 0 aliphatic carbocycles. The average Bonchev–Trinajstić information content (AvgIpc) is 2.82. The minimum atomic E-state index is -0.470. The zero-order chi connectivity index (χ0) is 23.3. The van der Waals surface area contributed by atoms with E-state index >= 15 is 0 Å². The Bertz CT molecular complexity index is 838. The summed E-state index contributed by atoms with van der Waals surface area (Å²) < 4.78 is 0. The first-order valence-electron chi connectivity index (χ1n) is 12.4. The second kappa shape index (κ2) is 10.6. The predicted molar refractivity (Wildman–Crippen MR) is 125 cm³/mol. The van der Waals surface area contributed by atoms with E-state index in [0.717, 1.165) is 57.4 Å². The summed E-state index contributed by atoms with van der Waals surface area (Å²) in [4.78, 5) is 46.3. The molecular formula is C25H37N5O3. The molecule has 8 heteroatoms. The van der Waals surface area contributed by atoms with E-state index in [2.05, 4.69) is 26.6 Å². The summed E-state index contributed by atoms with van der Waals surface area (Å²) in [5.74, 6) is 0.338. The maximum absolute atomic E-state index is 13.1. The van der Waals surface area contributed by atoms with E-state index in [1.54, 1.807) is 6.92 Å². The summed E-state index contributed by atoms with van der Waals surface area (Å²) in [6.07, 6.45) is 7.99. The number of piperidine rings is 2. The van der Waals surface area contributed by atoms with Crippen LogP contribution >= 0.6 is 0 Å². The number of hydrogen-bond acceptors (Lipinski definition) is 5. The molecule has 0 unspecified atom stereocenters. The Morgan fingerprint density at radius 1 is 1.12 bits per heavy atom. The molecule has 3 aliphatic rings. The maximum Gasteiger partial charge on any atom is 0.239 e. The molecule has 0 bridgehead atoms. The Labute approximate surface area is 196 Å². The number of aromatic nitrogens is 1. The third-order valence-electron chi connectivity index (χ3n) is 7.81. The maximum atomic E-state index is 13.1. The van der Waals surface area contributed by atoms with Crippen molar-refractivity contribution in [3.8, 4) is 0 Å². The van der Waals surface area contributed by atoms with Crippen molar-refractivity contribution in [2.75, 3.05) is 32.7 Å². The first kappa shape index (κ1) is 23.7. The summed E-state index contributed by atoms with van der Waals surface area (Å²) in [6.45, 7) is 5.56. The van der Waals surface area contributed by atoms with Gasteiger partial charge in [0.2, 0.25) is 17.7 Å². The van der Waals surface area contributed by atoms with Crippen molar-refractivity contribution in [2.45, 2.75) is 64.5 Å². The molecule has 3 fully saturated rings. The highest BCUT2D eigenvalue weighted by molar-refractivity contribution is 5.88. The fourth-order valence-electron chi connectivity index (χ4n) is 5.77. The molecule has 8 nitrogen and oxygen atoms in total. The second-order valence-electron chi connectivity index (χ2n) is 9.99. The van der Waals surface area contributed by atoms with E-state index in [9.17, 15) is 14.4 Å². The van der Waals surface area contributed by atoms with Crippen molar-refractivity contribution in [3.05, 3.63) is 30.1 Å². The number of carbonyl (C=O) groups is 3. The molecule has 0 aromatic carbocycles. The Hall–Kier alpha value is -2.48. The lowest BCUT2D eigenvalue weighted by molar-refractivity contribution is -0.141. The van der Waals surface area contributed by atoms with Gasteiger partial charge in [-0.05, 0) is 50.2 Å². The molecule has 33 heavy (non-hydrogen) atoms. The third kappa shape index (κ3) is 5.91. The van der Waals surface area contributed by atoms with E-state index in [1.807, 2.05) is 23.2 Å². The lowest BCUT2D eigenvalue weighted by atomic mass is 9.73. The molecule has 3 saturated heterocycles. The van der Waals surface area contributed by atoms with Gasteiger partial charge < -0.3 is 15.5 Å². The van der Waals surface area contributed by atoms with Gasteiger partial charge in [0.05, 0.1) is 17.7 Å². The van der Waals surface area contributed by atoms with Gasteiger partial charge in [0.25, 0.3) is 0 Å². The molecular weight excluding hydrogens is 418 g/mol. The van der Waals surface area contributed by atoms with Crippen LogP contribution in [0.2, 0.25) is 0 Å². The quantitative estimate of drug-likeness (QED) is 0.708. The molecule has 0 radical (unpaired) electrons. The van der Waals surface area contributed by atoms with Crippen LogP contribution in [-0.4, -0.2) is 71.3 Å². The molecule has 4 heterocycles. The topological polar surface area (TPSA) is 94.6 Å². The summed E-state index contributed by atoms with van der Waals surface area (Å²) in [7, 11) is 0. The van der Waals surface area contributed by atoms with Gasteiger partial charge in [0.15, 0.2) is 0 Å². The van der Waals surface area contributed by atoms with Gasteiger partial charge in [-0.3, -0.25) is 24.3 Å². The highest BCUT2D eigenvalue weighted by atomic mass is 16.2. The van der Waals surface area contributed by atoms with Crippen LogP contribution in [-0.2, 0) is 20.9 Å². The van der Waals surface area contributed by atoms with Crippen molar-refractivity contribution < 1.29 is 14.4 Å². The zero-order valence-corrected chi connectivity index (χ0v) is 19.7. The Morgan fingerprint density at radius 2 is 1.94 bits per heavy atom. The molecule has 2 N–H and O–H groups in total. The van der Waals surface area contributed by atoms with Crippen molar-refractivity contribution >= 4 is 17.7 Å². The van der Waals surface area contributed by atoms with Crippen molar-refractivity contribution in [1.82, 2.24) is 25.4 Å². The predicted octanol–water partition coefficient (Wildman–Crippen LogP) is 1.71. The van der Waals surface area contributed by atoms with Gasteiger partial charge in [0.1, 0.15) is 0 Å². The van der Waals surface area contributed by atoms with Crippen LogP contribution in [0.4, 0.5) is 0 Å². The number of hydrogen-bond donors (Lipinski definition) is 2. The van der Waals surface area contributed by atoms with Gasteiger partial charge >= 0.3 is 0 Å². The molecule has 1 spiro atoms. The Kier molecular flexibility index (Phi) is 7.63. The normalized spacial score (nSPS) is 27.0. The van der Waals surface area contributed by atoms with Crippen LogP contribution in [0.15, 0.2) is 24.4 Å². The fourth-order valence-corrected chi connectivity index (χ4v) is 5.77. The lowest BCUT2D eigenvalue weighted by Crippen LogP contribution is -2.54. The number of carbonyl (C=O) groups excluding carboxylic acids is 3. The van der Waals surface area contributed by atoms with Gasteiger partial charge in [-0.15, -0.1) is 0 Å². The minimum absolute atomic E-state index is 0.0249. The van der Waals surface area contributed by atoms with Gasteiger partial charge in [-0.1, -0.05) is 18.9 Å². The Balaban J connectivity index is 1.39. The van der Waals surface area contributed by atoms with Crippen LogP contribution in [0.5, 0.6) is 0 Å². The van der Waals surface area contributed by atoms with Crippen LogP contribution < -0.4 is 10.6 Å². The standard InChI is InChI=1S/C25H37N5O3/c1-19(31)30-14-10-25(11-15-30)9-4-2-6-20-17-29(18-21-7-3-5-12-26-21)13-8-22(20)28-23(32)16-27-24(25)33/h3,5,7,12,20,22H,2,4,6,8-11,13-18H2,1H3,(H,27,33)(H,28,32)/t20-,22-/m0/s1. The number of likely N-dealkylation sites (tertiary alicyclic amines) is 2. The van der Waals surface area contributed by atoms with E-state index < -0.39 is 5.41 Å². The number of rotatable bonds is 2. The van der Waals surface area contributed by atoms with E-state index in [1.165, 1.54) is 0 Å². The van der Waals surface area contributed by atoms with E-state index in [-0.39, 0.29) is 30.3 Å². The monoisotopic (exact) mass is 455 g/mol. The first-order valence-corrected chi connectivity index (χ1v) is 12.4. The molecule has 0 saturated carbocycles. The van der Waals surface area contributed by atoms with Gasteiger partial charge in [0, 0.05) is 51.9 Å². The van der Waals surface area contributed by atoms with Crippen molar-refractivity contribution in [2.24, 2.45) is 11.3 Å². The highest BCUT2D eigenvalue weighted by Gasteiger charge is 2.42. The molecule has 3 amide bonds. The van der Waals surface area contributed by atoms with Crippen molar-refractivity contribution in [1.29, 1.82) is 0 Å².